The molecule has 0 aliphatic rings. The summed E-state index contributed by atoms with van der Waals surface area (Å²) in [6.45, 7) is 2.02. The molecule has 4 heteroatoms. The molecule has 2 aromatic rings. The van der Waals surface area contributed by atoms with E-state index in [9.17, 15) is 4.79 Å². The summed E-state index contributed by atoms with van der Waals surface area (Å²) < 4.78 is 1.08. The lowest BCUT2D eigenvalue weighted by molar-refractivity contribution is -0.121. The third kappa shape index (κ3) is 4.24. The van der Waals surface area contributed by atoms with Crippen LogP contribution in [0, 0.1) is 0 Å². The van der Waals surface area contributed by atoms with Gasteiger partial charge in [-0.2, -0.15) is 0 Å². The Hall–Kier alpha value is -1.55. The molecule has 2 N–H and O–H groups in total. The van der Waals surface area contributed by atoms with Crippen molar-refractivity contribution in [2.75, 3.05) is 0 Å². The first kappa shape index (κ1) is 13.9. The largest absolute Gasteiger partial charge is 0.365 e. The van der Waals surface area contributed by atoms with E-state index in [4.69, 9.17) is 0 Å². The van der Waals surface area contributed by atoms with Gasteiger partial charge in [0.05, 0.1) is 6.42 Å². The molecular weight excluding hydrogens is 304 g/mol. The summed E-state index contributed by atoms with van der Waals surface area (Å²) in [6, 6.07) is 12.0. The third-order valence-corrected chi connectivity index (χ3v) is 3.68. The van der Waals surface area contributed by atoms with E-state index in [0.29, 0.717) is 6.42 Å². The highest BCUT2D eigenvalue weighted by Gasteiger charge is 2.10. The number of rotatable bonds is 5. The second-order valence-corrected chi connectivity index (χ2v) is 5.49. The van der Waals surface area contributed by atoms with E-state index < -0.39 is 0 Å². The minimum absolute atomic E-state index is 0.0435. The van der Waals surface area contributed by atoms with Gasteiger partial charge in [0.15, 0.2) is 0 Å². The van der Waals surface area contributed by atoms with Crippen LogP contribution in [0.3, 0.4) is 0 Å². The van der Waals surface area contributed by atoms with Crippen LogP contribution in [-0.4, -0.2) is 16.9 Å². The maximum atomic E-state index is 11.9. The lowest BCUT2D eigenvalue weighted by Crippen LogP contribution is -2.35. The van der Waals surface area contributed by atoms with E-state index in [2.05, 4.69) is 32.3 Å². The summed E-state index contributed by atoms with van der Waals surface area (Å²) in [5.41, 5.74) is 2.14. The summed E-state index contributed by atoms with van der Waals surface area (Å²) in [7, 11) is 0. The third-order valence-electron chi connectivity index (χ3n) is 2.90. The average molecular weight is 321 g/mol. The molecule has 1 aromatic carbocycles. The van der Waals surface area contributed by atoms with Crippen LogP contribution in [0.1, 0.15) is 18.2 Å². The zero-order valence-corrected chi connectivity index (χ0v) is 12.4. The van der Waals surface area contributed by atoms with E-state index in [0.717, 1.165) is 16.6 Å². The fourth-order valence-corrected chi connectivity index (χ4v) is 2.47. The van der Waals surface area contributed by atoms with Crippen LogP contribution in [0.25, 0.3) is 0 Å². The second kappa shape index (κ2) is 6.57. The molecule has 0 radical (unpaired) electrons. The van der Waals surface area contributed by atoms with E-state index in [1.807, 2.05) is 43.5 Å². The quantitative estimate of drug-likeness (QED) is 0.873. The number of nitrogens with one attached hydrogen (secondary N) is 2. The molecule has 1 amide bonds. The molecule has 0 aliphatic heterocycles. The molecule has 0 aliphatic carbocycles. The number of carbonyl (C=O) groups is 1. The molecule has 1 aromatic heterocycles. The number of H-pyrrole nitrogens is 1. The van der Waals surface area contributed by atoms with Gasteiger partial charge in [0.2, 0.25) is 5.91 Å². The van der Waals surface area contributed by atoms with E-state index in [1.165, 1.54) is 5.56 Å². The Kier molecular flexibility index (Phi) is 4.80. The van der Waals surface area contributed by atoms with Crippen molar-refractivity contribution in [3.8, 4) is 0 Å². The maximum Gasteiger partial charge on any atom is 0.226 e. The van der Waals surface area contributed by atoms with Crippen molar-refractivity contribution in [2.45, 2.75) is 25.8 Å². The molecular formula is C15H17BrN2O. The predicted molar refractivity (Wildman–Crippen MR) is 79.9 cm³/mol. The fraction of sp³-hybridized carbons (Fsp3) is 0.267. The monoisotopic (exact) mass is 320 g/mol. The number of amides is 1. The number of halogens is 1. The first-order valence-corrected chi connectivity index (χ1v) is 7.09. The smallest absolute Gasteiger partial charge is 0.226 e. The van der Waals surface area contributed by atoms with Gasteiger partial charge in [-0.25, -0.2) is 0 Å². The van der Waals surface area contributed by atoms with Crippen molar-refractivity contribution >= 4 is 21.8 Å². The second-order valence-electron chi connectivity index (χ2n) is 4.64. The first-order chi connectivity index (χ1) is 9.15. The highest BCUT2D eigenvalue weighted by molar-refractivity contribution is 9.10. The molecule has 0 saturated carbocycles. The summed E-state index contributed by atoms with van der Waals surface area (Å²) in [5.74, 6) is 0.0435. The van der Waals surface area contributed by atoms with Gasteiger partial charge in [-0.05, 0) is 37.1 Å². The van der Waals surface area contributed by atoms with E-state index >= 15 is 0 Å². The number of aromatic nitrogens is 1. The first-order valence-electron chi connectivity index (χ1n) is 6.30. The van der Waals surface area contributed by atoms with Crippen LogP contribution >= 0.6 is 15.9 Å². The molecule has 3 nitrogen and oxygen atoms in total. The van der Waals surface area contributed by atoms with Crippen LogP contribution in [0.2, 0.25) is 0 Å². The SMILES string of the molecule is C[C@H](Cc1ccccc1Br)NC(=O)Cc1ccc[nH]1. The summed E-state index contributed by atoms with van der Waals surface area (Å²) in [5, 5.41) is 3.01. The van der Waals surface area contributed by atoms with Crippen LogP contribution in [0.5, 0.6) is 0 Å². The van der Waals surface area contributed by atoms with Gasteiger partial charge in [-0.1, -0.05) is 34.1 Å². The van der Waals surface area contributed by atoms with Gasteiger partial charge in [-0.15, -0.1) is 0 Å². The van der Waals surface area contributed by atoms with Crippen molar-refractivity contribution in [2.24, 2.45) is 0 Å². The highest BCUT2D eigenvalue weighted by Crippen LogP contribution is 2.17. The van der Waals surface area contributed by atoms with Crippen LogP contribution < -0.4 is 5.32 Å². The maximum absolute atomic E-state index is 11.9. The van der Waals surface area contributed by atoms with E-state index in [-0.39, 0.29) is 11.9 Å². The molecule has 0 spiro atoms. The van der Waals surface area contributed by atoms with Gasteiger partial charge in [0.1, 0.15) is 0 Å². The van der Waals surface area contributed by atoms with Crippen molar-refractivity contribution in [1.82, 2.24) is 10.3 Å². The molecule has 0 saturated heterocycles. The Balaban J connectivity index is 1.86. The Labute approximate surface area is 121 Å². The molecule has 0 bridgehead atoms. The van der Waals surface area contributed by atoms with E-state index in [1.54, 1.807) is 0 Å². The minimum atomic E-state index is 0.0435. The topological polar surface area (TPSA) is 44.9 Å². The number of hydrogen-bond acceptors (Lipinski definition) is 1. The molecule has 2 rings (SSSR count). The lowest BCUT2D eigenvalue weighted by Gasteiger charge is -2.14. The summed E-state index contributed by atoms with van der Waals surface area (Å²) >= 11 is 3.52. The van der Waals surface area contributed by atoms with Crippen LogP contribution in [0.15, 0.2) is 47.1 Å². The van der Waals surface area contributed by atoms with Crippen LogP contribution in [-0.2, 0) is 17.6 Å². The van der Waals surface area contributed by atoms with Crippen molar-refractivity contribution < 1.29 is 4.79 Å². The minimum Gasteiger partial charge on any atom is -0.365 e. The molecule has 0 fully saturated rings. The Morgan fingerprint density at radius 3 is 2.79 bits per heavy atom. The highest BCUT2D eigenvalue weighted by atomic mass is 79.9. The Bertz CT molecular complexity index is 537. The van der Waals surface area contributed by atoms with Gasteiger partial charge < -0.3 is 10.3 Å². The predicted octanol–water partition coefficient (Wildman–Crippen LogP) is 3.07. The van der Waals surface area contributed by atoms with Crippen molar-refractivity contribution in [3.05, 3.63) is 58.3 Å². The fourth-order valence-electron chi connectivity index (χ4n) is 2.02. The zero-order chi connectivity index (χ0) is 13.7. The number of carbonyl (C=O) groups excluding carboxylic acids is 1. The molecule has 100 valence electrons. The van der Waals surface area contributed by atoms with Gasteiger partial charge in [0.25, 0.3) is 0 Å². The molecule has 1 atom stereocenters. The van der Waals surface area contributed by atoms with Crippen molar-refractivity contribution in [3.63, 3.8) is 0 Å². The molecule has 0 unspecified atom stereocenters. The molecule has 19 heavy (non-hydrogen) atoms. The lowest BCUT2D eigenvalue weighted by atomic mass is 10.1. The molecule has 1 heterocycles. The zero-order valence-electron chi connectivity index (χ0n) is 10.8. The Morgan fingerprint density at radius 2 is 2.11 bits per heavy atom. The summed E-state index contributed by atoms with van der Waals surface area (Å²) in [6.07, 6.45) is 3.04. The van der Waals surface area contributed by atoms with Crippen molar-refractivity contribution in [1.29, 1.82) is 0 Å². The average Bonchev–Trinajstić information content (AvgIpc) is 2.84. The van der Waals surface area contributed by atoms with Crippen LogP contribution in [0.4, 0.5) is 0 Å². The normalized spacial score (nSPS) is 12.1. The summed E-state index contributed by atoms with van der Waals surface area (Å²) in [4.78, 5) is 14.9. The standard InChI is InChI=1S/C15H17BrN2O/c1-11(9-12-5-2-3-7-14(12)16)18-15(19)10-13-6-4-8-17-13/h2-8,11,17H,9-10H2,1H3,(H,18,19)/t11-/m1/s1. The van der Waals surface area contributed by atoms with Gasteiger partial charge in [-0.3, -0.25) is 4.79 Å². The number of hydrogen-bond donors (Lipinski definition) is 2. The van der Waals surface area contributed by atoms with Gasteiger partial charge in [0, 0.05) is 22.4 Å². The number of benzene rings is 1. The Morgan fingerprint density at radius 1 is 1.32 bits per heavy atom. The van der Waals surface area contributed by atoms with Gasteiger partial charge >= 0.3 is 0 Å². The number of aromatic amines is 1.